The van der Waals surface area contributed by atoms with Gasteiger partial charge in [-0.1, -0.05) is 6.08 Å². The molecular formula is C13H22N2O3. The first kappa shape index (κ1) is 14.5. The molecule has 1 rings (SSSR count). The van der Waals surface area contributed by atoms with Gasteiger partial charge < -0.3 is 14.9 Å². The van der Waals surface area contributed by atoms with Crippen LogP contribution in [0.4, 0.5) is 4.79 Å². The number of rotatable bonds is 3. The van der Waals surface area contributed by atoms with Gasteiger partial charge in [0, 0.05) is 18.6 Å². The summed E-state index contributed by atoms with van der Waals surface area (Å²) in [5.41, 5.74) is -0.350. The molecule has 0 unspecified atom stereocenters. The molecule has 0 aromatic heterocycles. The average molecular weight is 254 g/mol. The van der Waals surface area contributed by atoms with Crippen LogP contribution in [-0.4, -0.2) is 51.6 Å². The van der Waals surface area contributed by atoms with E-state index in [4.69, 9.17) is 5.11 Å². The van der Waals surface area contributed by atoms with E-state index >= 15 is 0 Å². The summed E-state index contributed by atoms with van der Waals surface area (Å²) in [5, 5.41) is 9.11. The van der Waals surface area contributed by atoms with Crippen molar-refractivity contribution < 1.29 is 14.7 Å². The number of carbonyl (C=O) groups is 2. The predicted octanol–water partition coefficient (Wildman–Crippen LogP) is 1.94. The van der Waals surface area contributed by atoms with Gasteiger partial charge in [-0.3, -0.25) is 0 Å². The molecule has 5 heteroatoms. The number of carboxylic acids is 1. The van der Waals surface area contributed by atoms with Crippen molar-refractivity contribution in [3.63, 3.8) is 0 Å². The second kappa shape index (κ2) is 5.42. The highest BCUT2D eigenvalue weighted by Gasteiger charge is 2.38. The molecule has 1 saturated heterocycles. The van der Waals surface area contributed by atoms with Crippen molar-refractivity contribution in [2.75, 3.05) is 13.1 Å². The van der Waals surface area contributed by atoms with Gasteiger partial charge in [-0.05, 0) is 33.6 Å². The Morgan fingerprint density at radius 2 is 2.11 bits per heavy atom. The van der Waals surface area contributed by atoms with Gasteiger partial charge >= 0.3 is 12.0 Å². The van der Waals surface area contributed by atoms with E-state index in [2.05, 4.69) is 6.58 Å². The Bertz CT molecular complexity index is 347. The molecule has 2 amide bonds. The molecule has 18 heavy (non-hydrogen) atoms. The molecule has 0 radical (unpaired) electrons. The van der Waals surface area contributed by atoms with Crippen LogP contribution in [0.3, 0.4) is 0 Å². The van der Waals surface area contributed by atoms with Crippen molar-refractivity contribution >= 4 is 12.0 Å². The van der Waals surface area contributed by atoms with Crippen LogP contribution in [0.25, 0.3) is 0 Å². The number of likely N-dealkylation sites (tertiary alicyclic amines) is 1. The lowest BCUT2D eigenvalue weighted by molar-refractivity contribution is -0.141. The molecule has 1 heterocycles. The van der Waals surface area contributed by atoms with Crippen molar-refractivity contribution in [3.05, 3.63) is 12.7 Å². The lowest BCUT2D eigenvalue weighted by Crippen LogP contribution is -2.54. The first-order valence-electron chi connectivity index (χ1n) is 6.21. The van der Waals surface area contributed by atoms with E-state index in [-0.39, 0.29) is 11.6 Å². The summed E-state index contributed by atoms with van der Waals surface area (Å²) in [4.78, 5) is 26.7. The summed E-state index contributed by atoms with van der Waals surface area (Å²) in [6, 6.07) is -0.903. The van der Waals surface area contributed by atoms with Gasteiger partial charge in [0.25, 0.3) is 0 Å². The van der Waals surface area contributed by atoms with Crippen molar-refractivity contribution in [1.29, 1.82) is 0 Å². The van der Waals surface area contributed by atoms with Crippen LogP contribution in [0.2, 0.25) is 0 Å². The van der Waals surface area contributed by atoms with Gasteiger partial charge in [0.1, 0.15) is 6.04 Å². The van der Waals surface area contributed by atoms with Crippen molar-refractivity contribution in [3.8, 4) is 0 Å². The van der Waals surface area contributed by atoms with Crippen LogP contribution in [0.1, 0.15) is 33.6 Å². The van der Waals surface area contributed by atoms with Gasteiger partial charge in [0.2, 0.25) is 0 Å². The molecule has 0 spiro atoms. The smallest absolute Gasteiger partial charge is 0.326 e. The highest BCUT2D eigenvalue weighted by atomic mass is 16.4. The Morgan fingerprint density at radius 3 is 2.56 bits per heavy atom. The largest absolute Gasteiger partial charge is 0.480 e. The van der Waals surface area contributed by atoms with Crippen molar-refractivity contribution in [2.24, 2.45) is 0 Å². The summed E-state index contributed by atoms with van der Waals surface area (Å²) in [7, 11) is 0. The van der Waals surface area contributed by atoms with E-state index in [0.29, 0.717) is 19.5 Å². The third kappa shape index (κ3) is 3.03. The molecule has 5 nitrogen and oxygen atoms in total. The molecule has 1 aliphatic rings. The van der Waals surface area contributed by atoms with Gasteiger partial charge in [-0.25, -0.2) is 9.59 Å². The molecule has 0 aromatic carbocycles. The molecule has 1 N–H and O–H groups in total. The van der Waals surface area contributed by atoms with E-state index in [0.717, 1.165) is 6.42 Å². The number of carboxylic acid groups (broad SMARTS) is 1. The van der Waals surface area contributed by atoms with E-state index in [9.17, 15) is 9.59 Å². The van der Waals surface area contributed by atoms with Crippen LogP contribution in [-0.2, 0) is 4.79 Å². The lowest BCUT2D eigenvalue weighted by Gasteiger charge is -2.38. The maximum atomic E-state index is 12.4. The zero-order chi connectivity index (χ0) is 13.9. The monoisotopic (exact) mass is 254 g/mol. The van der Waals surface area contributed by atoms with E-state index in [1.165, 1.54) is 4.90 Å². The molecule has 0 saturated carbocycles. The van der Waals surface area contributed by atoms with Crippen molar-refractivity contribution in [1.82, 2.24) is 9.80 Å². The Labute approximate surface area is 108 Å². The number of hydrogen-bond donors (Lipinski definition) is 1. The highest BCUT2D eigenvalue weighted by Crippen LogP contribution is 2.23. The summed E-state index contributed by atoms with van der Waals surface area (Å²) in [6.45, 7) is 10.4. The first-order chi connectivity index (χ1) is 8.29. The number of hydrogen-bond acceptors (Lipinski definition) is 2. The maximum Gasteiger partial charge on any atom is 0.326 e. The zero-order valence-electron chi connectivity index (χ0n) is 11.3. The van der Waals surface area contributed by atoms with Gasteiger partial charge in [0.05, 0.1) is 0 Å². The first-order valence-corrected chi connectivity index (χ1v) is 6.21. The third-order valence-electron chi connectivity index (χ3n) is 3.14. The molecule has 0 aromatic rings. The quantitative estimate of drug-likeness (QED) is 0.783. The topological polar surface area (TPSA) is 60.9 Å². The Kier molecular flexibility index (Phi) is 4.38. The van der Waals surface area contributed by atoms with Crippen LogP contribution >= 0.6 is 0 Å². The molecule has 1 aliphatic heterocycles. The predicted molar refractivity (Wildman–Crippen MR) is 69.4 cm³/mol. The molecule has 0 bridgehead atoms. The average Bonchev–Trinajstić information content (AvgIpc) is 2.72. The standard InChI is InChI=1S/C13H22N2O3/c1-5-8-15(13(2,3)4)12(18)14-9-6-7-10(14)11(16)17/h5,10H,1,6-9H2,2-4H3,(H,16,17)/t10-/m1/s1. The zero-order valence-corrected chi connectivity index (χ0v) is 11.3. The minimum atomic E-state index is -0.923. The molecule has 102 valence electrons. The van der Waals surface area contributed by atoms with Crippen LogP contribution in [0.15, 0.2) is 12.7 Å². The minimum Gasteiger partial charge on any atom is -0.480 e. The summed E-state index contributed by atoms with van der Waals surface area (Å²) >= 11 is 0. The lowest BCUT2D eigenvalue weighted by atomic mass is 10.1. The normalized spacial score (nSPS) is 19.7. The summed E-state index contributed by atoms with van der Waals surface area (Å²) in [5.74, 6) is -0.923. The second-order valence-corrected chi connectivity index (χ2v) is 5.54. The fourth-order valence-corrected chi connectivity index (χ4v) is 2.18. The number of aliphatic carboxylic acids is 1. The Morgan fingerprint density at radius 1 is 1.50 bits per heavy atom. The minimum absolute atomic E-state index is 0.215. The van der Waals surface area contributed by atoms with Gasteiger partial charge in [-0.2, -0.15) is 0 Å². The van der Waals surface area contributed by atoms with Gasteiger partial charge in [-0.15, -0.1) is 6.58 Å². The highest BCUT2D eigenvalue weighted by molar-refractivity contribution is 5.83. The Balaban J connectivity index is 2.89. The van der Waals surface area contributed by atoms with E-state index < -0.39 is 12.0 Å². The number of carbonyl (C=O) groups excluding carboxylic acids is 1. The van der Waals surface area contributed by atoms with Crippen molar-refractivity contribution in [2.45, 2.75) is 45.2 Å². The van der Waals surface area contributed by atoms with Crippen LogP contribution in [0.5, 0.6) is 0 Å². The summed E-state index contributed by atoms with van der Waals surface area (Å²) in [6.07, 6.45) is 2.94. The Hall–Kier alpha value is -1.52. The van der Waals surface area contributed by atoms with Crippen LogP contribution < -0.4 is 0 Å². The SMILES string of the molecule is C=CCN(C(=O)N1CCC[C@@H]1C(=O)O)C(C)(C)C. The fraction of sp³-hybridized carbons (Fsp3) is 0.692. The second-order valence-electron chi connectivity index (χ2n) is 5.54. The fourth-order valence-electron chi connectivity index (χ4n) is 2.18. The van der Waals surface area contributed by atoms with E-state index in [1.54, 1.807) is 11.0 Å². The maximum absolute atomic E-state index is 12.4. The van der Waals surface area contributed by atoms with Gasteiger partial charge in [0.15, 0.2) is 0 Å². The number of nitrogens with zero attached hydrogens (tertiary/aromatic N) is 2. The van der Waals surface area contributed by atoms with Crippen LogP contribution in [0, 0.1) is 0 Å². The molecule has 1 fully saturated rings. The third-order valence-corrected chi connectivity index (χ3v) is 3.14. The number of amides is 2. The molecule has 0 aliphatic carbocycles. The molecular weight excluding hydrogens is 232 g/mol. The summed E-state index contributed by atoms with van der Waals surface area (Å²) < 4.78 is 0. The molecule has 1 atom stereocenters. The van der Waals surface area contributed by atoms with E-state index in [1.807, 2.05) is 20.8 Å². The number of urea groups is 1.